The number of halogens is 1. The molecule has 2 aromatic rings. The van der Waals surface area contributed by atoms with Gasteiger partial charge in [0, 0.05) is 11.0 Å². The lowest BCUT2D eigenvalue weighted by Crippen LogP contribution is -2.24. The summed E-state index contributed by atoms with van der Waals surface area (Å²) in [6.45, 7) is 3.76. The van der Waals surface area contributed by atoms with Gasteiger partial charge < -0.3 is 14.8 Å². The van der Waals surface area contributed by atoms with Gasteiger partial charge in [0.25, 0.3) is 5.91 Å². The Morgan fingerprint density at radius 2 is 2.04 bits per heavy atom. The van der Waals surface area contributed by atoms with E-state index in [1.165, 1.54) is 25.3 Å². The van der Waals surface area contributed by atoms with Gasteiger partial charge in [0.1, 0.15) is 11.6 Å². The standard InChI is InChI=1S/C21H17BrN2O4/c1-3-9-24-20(25)16(13-23)10-14-7-8-18(19(11-14)27-2)28-21(26)15-5-4-6-17(22)12-15/h3-8,10-12H,1,9H2,2H3,(H,24,25)/b16-10+. The highest BCUT2D eigenvalue weighted by Gasteiger charge is 2.14. The van der Waals surface area contributed by atoms with E-state index in [0.717, 1.165) is 4.47 Å². The number of benzene rings is 2. The van der Waals surface area contributed by atoms with Crippen molar-refractivity contribution in [2.24, 2.45) is 0 Å². The fourth-order valence-corrected chi connectivity index (χ4v) is 2.61. The van der Waals surface area contributed by atoms with Crippen LogP contribution in [-0.2, 0) is 4.79 Å². The number of rotatable bonds is 7. The van der Waals surface area contributed by atoms with E-state index in [1.807, 2.05) is 6.07 Å². The number of ether oxygens (including phenoxy) is 2. The lowest BCUT2D eigenvalue weighted by Gasteiger charge is -2.10. The topological polar surface area (TPSA) is 88.4 Å². The highest BCUT2D eigenvalue weighted by molar-refractivity contribution is 9.10. The van der Waals surface area contributed by atoms with Crippen LogP contribution in [0.2, 0.25) is 0 Å². The first kappa shape index (κ1) is 20.9. The van der Waals surface area contributed by atoms with Crippen molar-refractivity contribution in [2.45, 2.75) is 0 Å². The molecule has 6 nitrogen and oxygen atoms in total. The molecule has 7 heteroatoms. The van der Waals surface area contributed by atoms with Crippen LogP contribution in [0.1, 0.15) is 15.9 Å². The fourth-order valence-electron chi connectivity index (χ4n) is 2.21. The molecule has 0 unspecified atom stereocenters. The molecule has 1 N–H and O–H groups in total. The molecular formula is C21H17BrN2O4. The largest absolute Gasteiger partial charge is 0.493 e. The second-order valence-electron chi connectivity index (χ2n) is 5.48. The van der Waals surface area contributed by atoms with Gasteiger partial charge in [0.15, 0.2) is 11.5 Å². The molecule has 0 bridgehead atoms. The molecule has 0 heterocycles. The molecule has 0 aliphatic carbocycles. The number of nitriles is 1. The van der Waals surface area contributed by atoms with Crippen molar-refractivity contribution in [1.82, 2.24) is 5.32 Å². The molecule has 2 rings (SSSR count). The van der Waals surface area contributed by atoms with Crippen LogP contribution in [0, 0.1) is 11.3 Å². The third kappa shape index (κ3) is 5.56. The Labute approximate surface area is 171 Å². The van der Waals surface area contributed by atoms with E-state index in [9.17, 15) is 14.9 Å². The maximum Gasteiger partial charge on any atom is 0.343 e. The van der Waals surface area contributed by atoms with Gasteiger partial charge >= 0.3 is 5.97 Å². The Kier molecular flexibility index (Phi) is 7.55. The number of nitrogens with one attached hydrogen (secondary N) is 1. The number of nitrogens with zero attached hydrogens (tertiary/aromatic N) is 1. The molecule has 0 fully saturated rings. The van der Waals surface area contributed by atoms with Crippen molar-refractivity contribution in [1.29, 1.82) is 5.26 Å². The molecule has 0 aliphatic heterocycles. The summed E-state index contributed by atoms with van der Waals surface area (Å²) in [6, 6.07) is 13.4. The monoisotopic (exact) mass is 440 g/mol. The molecule has 0 saturated carbocycles. The minimum absolute atomic E-state index is 0.0669. The van der Waals surface area contributed by atoms with Crippen molar-refractivity contribution in [3.8, 4) is 17.6 Å². The zero-order chi connectivity index (χ0) is 20.5. The van der Waals surface area contributed by atoms with E-state index in [4.69, 9.17) is 9.47 Å². The molecule has 142 valence electrons. The van der Waals surface area contributed by atoms with Crippen LogP contribution >= 0.6 is 15.9 Å². The molecule has 0 aliphatic rings. The summed E-state index contributed by atoms with van der Waals surface area (Å²) in [7, 11) is 1.43. The van der Waals surface area contributed by atoms with Crippen molar-refractivity contribution >= 4 is 33.9 Å². The van der Waals surface area contributed by atoms with Gasteiger partial charge in [-0.25, -0.2) is 4.79 Å². The highest BCUT2D eigenvalue weighted by atomic mass is 79.9. The predicted molar refractivity (Wildman–Crippen MR) is 109 cm³/mol. The van der Waals surface area contributed by atoms with Gasteiger partial charge in [0.2, 0.25) is 0 Å². The third-order valence-corrected chi connectivity index (χ3v) is 4.03. The lowest BCUT2D eigenvalue weighted by molar-refractivity contribution is -0.116. The number of carbonyl (C=O) groups is 2. The first-order valence-electron chi connectivity index (χ1n) is 8.15. The molecule has 0 spiro atoms. The number of methoxy groups -OCH3 is 1. The van der Waals surface area contributed by atoms with E-state index >= 15 is 0 Å². The average Bonchev–Trinajstić information content (AvgIpc) is 2.70. The predicted octanol–water partition coefficient (Wildman–Crippen LogP) is 3.89. The van der Waals surface area contributed by atoms with Gasteiger partial charge in [0.05, 0.1) is 12.7 Å². The van der Waals surface area contributed by atoms with Crippen LogP contribution in [0.15, 0.2) is 65.2 Å². The summed E-state index contributed by atoms with van der Waals surface area (Å²) >= 11 is 3.31. The molecule has 0 radical (unpaired) electrons. The number of esters is 1. The number of hydrogen-bond acceptors (Lipinski definition) is 5. The molecule has 1 amide bonds. The normalized spacial score (nSPS) is 10.5. The molecule has 28 heavy (non-hydrogen) atoms. The molecule has 2 aromatic carbocycles. The van der Waals surface area contributed by atoms with Crippen LogP contribution < -0.4 is 14.8 Å². The quantitative estimate of drug-likeness (QED) is 0.232. The Morgan fingerprint density at radius 1 is 1.25 bits per heavy atom. The minimum atomic E-state index is -0.538. The van der Waals surface area contributed by atoms with Crippen molar-refractivity contribution < 1.29 is 19.1 Å². The molecule has 0 atom stereocenters. The zero-order valence-corrected chi connectivity index (χ0v) is 16.7. The molecule has 0 aromatic heterocycles. The summed E-state index contributed by atoms with van der Waals surface area (Å²) < 4.78 is 11.4. The summed E-state index contributed by atoms with van der Waals surface area (Å²) in [4.78, 5) is 24.3. The van der Waals surface area contributed by atoms with Crippen LogP contribution in [0.4, 0.5) is 0 Å². The third-order valence-electron chi connectivity index (χ3n) is 3.53. The smallest absolute Gasteiger partial charge is 0.343 e. The zero-order valence-electron chi connectivity index (χ0n) is 15.1. The number of carbonyl (C=O) groups excluding carboxylic acids is 2. The van der Waals surface area contributed by atoms with E-state index in [2.05, 4.69) is 27.8 Å². The second-order valence-corrected chi connectivity index (χ2v) is 6.39. The minimum Gasteiger partial charge on any atom is -0.493 e. The lowest BCUT2D eigenvalue weighted by atomic mass is 10.1. The fraction of sp³-hybridized carbons (Fsp3) is 0.0952. The number of amides is 1. The van der Waals surface area contributed by atoms with E-state index in [0.29, 0.717) is 16.9 Å². The Hall–Kier alpha value is -3.37. The highest BCUT2D eigenvalue weighted by Crippen LogP contribution is 2.30. The Morgan fingerprint density at radius 3 is 2.68 bits per heavy atom. The molecule has 0 saturated heterocycles. The van der Waals surface area contributed by atoms with Crippen molar-refractivity contribution in [3.63, 3.8) is 0 Å². The van der Waals surface area contributed by atoms with Crippen LogP contribution in [0.25, 0.3) is 6.08 Å². The van der Waals surface area contributed by atoms with Crippen LogP contribution in [0.3, 0.4) is 0 Å². The van der Waals surface area contributed by atoms with Crippen molar-refractivity contribution in [2.75, 3.05) is 13.7 Å². The van der Waals surface area contributed by atoms with Gasteiger partial charge in [-0.15, -0.1) is 6.58 Å². The van der Waals surface area contributed by atoms with Crippen LogP contribution in [0.5, 0.6) is 11.5 Å². The summed E-state index contributed by atoms with van der Waals surface area (Å²) in [5.41, 5.74) is 0.859. The van der Waals surface area contributed by atoms with Crippen molar-refractivity contribution in [3.05, 3.63) is 76.3 Å². The van der Waals surface area contributed by atoms with E-state index in [1.54, 1.807) is 36.4 Å². The summed E-state index contributed by atoms with van der Waals surface area (Å²) in [5.74, 6) is -0.531. The second kappa shape index (κ2) is 10.1. The molecular weight excluding hydrogens is 424 g/mol. The SMILES string of the molecule is C=CCNC(=O)/C(C#N)=C/c1ccc(OC(=O)c2cccc(Br)c2)c(OC)c1. The summed E-state index contributed by atoms with van der Waals surface area (Å²) in [5, 5.41) is 11.7. The average molecular weight is 441 g/mol. The Balaban J connectivity index is 2.25. The Bertz CT molecular complexity index is 977. The summed E-state index contributed by atoms with van der Waals surface area (Å²) in [6.07, 6.45) is 2.94. The van der Waals surface area contributed by atoms with Gasteiger partial charge in [-0.2, -0.15) is 5.26 Å². The van der Waals surface area contributed by atoms with E-state index in [-0.39, 0.29) is 17.9 Å². The van der Waals surface area contributed by atoms with Crippen LogP contribution in [-0.4, -0.2) is 25.5 Å². The van der Waals surface area contributed by atoms with Gasteiger partial charge in [-0.3, -0.25) is 4.79 Å². The number of hydrogen-bond donors (Lipinski definition) is 1. The maximum atomic E-state index is 12.3. The van der Waals surface area contributed by atoms with E-state index < -0.39 is 11.9 Å². The maximum absolute atomic E-state index is 12.3. The van der Waals surface area contributed by atoms with Gasteiger partial charge in [-0.1, -0.05) is 34.1 Å². The first-order chi connectivity index (χ1) is 13.5. The van der Waals surface area contributed by atoms with Gasteiger partial charge in [-0.05, 0) is 42.0 Å². The first-order valence-corrected chi connectivity index (χ1v) is 8.94.